The van der Waals surface area contributed by atoms with Gasteiger partial charge in [0.1, 0.15) is 18.8 Å². The topological polar surface area (TPSA) is 131 Å². The van der Waals surface area contributed by atoms with Crippen molar-refractivity contribution in [3.63, 3.8) is 0 Å². The lowest BCUT2D eigenvalue weighted by atomic mass is 10.1. The third-order valence-electron chi connectivity index (χ3n) is 3.84. The van der Waals surface area contributed by atoms with Crippen molar-refractivity contribution < 1.29 is 28.9 Å². The van der Waals surface area contributed by atoms with Gasteiger partial charge in [0.2, 0.25) is 0 Å². The molecular weight excluding hydrogens is 351 g/mol. The van der Waals surface area contributed by atoms with E-state index in [-0.39, 0.29) is 18.8 Å². The molecule has 10 heteroatoms. The Labute approximate surface area is 147 Å². The summed E-state index contributed by atoms with van der Waals surface area (Å²) < 4.78 is 25.3. The molecule has 0 aromatic carbocycles. The first-order valence-corrected chi connectivity index (χ1v) is 8.09. The number of halogens is 1. The first-order valence-electron chi connectivity index (χ1n) is 8.09. The average molecular weight is 372 g/mol. The number of unbranched alkanes of at least 4 members (excludes halogenated alkanes) is 1. The number of esters is 1. The Morgan fingerprint density at radius 3 is 2.88 bits per heavy atom. The van der Waals surface area contributed by atoms with Crippen molar-refractivity contribution in [3.05, 3.63) is 38.7 Å². The molecule has 3 N–H and O–H groups in total. The van der Waals surface area contributed by atoms with Gasteiger partial charge in [-0.25, -0.2) is 9.18 Å². The maximum atomic E-state index is 14.4. The lowest BCUT2D eigenvalue weighted by Gasteiger charge is -2.16. The van der Waals surface area contributed by atoms with Gasteiger partial charge in [-0.05, 0) is 12.8 Å². The zero-order valence-electron chi connectivity index (χ0n) is 14.1. The Kier molecular flexibility index (Phi) is 6.83. The number of aromatic nitrogens is 2. The Hall–Kier alpha value is -2.30. The first kappa shape index (κ1) is 20.0. The zero-order chi connectivity index (χ0) is 19.3. The van der Waals surface area contributed by atoms with Crippen LogP contribution in [-0.4, -0.2) is 57.3 Å². The van der Waals surface area contributed by atoms with Gasteiger partial charge >= 0.3 is 11.7 Å². The quantitative estimate of drug-likeness (QED) is 0.434. The molecule has 0 amide bonds. The summed E-state index contributed by atoms with van der Waals surface area (Å²) in [6.45, 7) is 0.800. The van der Waals surface area contributed by atoms with E-state index in [1.807, 2.05) is 0 Å². The molecule has 26 heavy (non-hydrogen) atoms. The highest BCUT2D eigenvalue weighted by Gasteiger charge is 2.46. The number of allylic oxidation sites excluding steroid dienone is 1. The zero-order valence-corrected chi connectivity index (χ0v) is 14.1. The molecule has 0 spiro atoms. The van der Waals surface area contributed by atoms with Crippen molar-refractivity contribution in [1.29, 1.82) is 0 Å². The number of carbonyl (C=O) groups is 1. The number of hydrogen-bond donors (Lipinski definition) is 3. The summed E-state index contributed by atoms with van der Waals surface area (Å²) in [5.41, 5.74) is -1.45. The van der Waals surface area contributed by atoms with E-state index in [1.165, 1.54) is 6.08 Å². The largest absolute Gasteiger partial charge is 0.463 e. The van der Waals surface area contributed by atoms with Crippen LogP contribution in [0.4, 0.5) is 4.39 Å². The molecule has 0 unspecified atom stereocenters. The van der Waals surface area contributed by atoms with Crippen molar-refractivity contribution in [1.82, 2.24) is 9.55 Å². The summed E-state index contributed by atoms with van der Waals surface area (Å²) in [7, 11) is 0. The third kappa shape index (κ3) is 4.65. The highest BCUT2D eigenvalue weighted by Crippen LogP contribution is 2.31. The molecule has 1 aliphatic rings. The Morgan fingerprint density at radius 2 is 2.23 bits per heavy atom. The Bertz CT molecular complexity index is 773. The van der Waals surface area contributed by atoms with Gasteiger partial charge in [0.15, 0.2) is 12.4 Å². The molecule has 1 aliphatic heterocycles. The van der Waals surface area contributed by atoms with Crippen LogP contribution in [0.1, 0.15) is 31.6 Å². The fourth-order valence-electron chi connectivity index (χ4n) is 2.49. The summed E-state index contributed by atoms with van der Waals surface area (Å²) in [5.74, 6) is -0.615. The number of ether oxygens (including phenoxy) is 2. The Balaban J connectivity index is 2.24. The van der Waals surface area contributed by atoms with Crippen molar-refractivity contribution in [2.24, 2.45) is 0 Å². The van der Waals surface area contributed by atoms with Crippen LogP contribution >= 0.6 is 0 Å². The minimum Gasteiger partial charge on any atom is -0.463 e. The normalized spacial score (nSPS) is 25.7. The van der Waals surface area contributed by atoms with E-state index in [9.17, 15) is 23.9 Å². The van der Waals surface area contributed by atoms with Crippen molar-refractivity contribution in [2.45, 2.75) is 44.4 Å². The van der Waals surface area contributed by atoms with E-state index in [0.29, 0.717) is 12.8 Å². The second-order valence-corrected chi connectivity index (χ2v) is 5.82. The number of aliphatic hydroxyl groups is 2. The molecule has 2 heterocycles. The van der Waals surface area contributed by atoms with Crippen LogP contribution in [-0.2, 0) is 14.3 Å². The molecule has 1 fully saturated rings. The van der Waals surface area contributed by atoms with Crippen molar-refractivity contribution in [2.75, 3.05) is 13.2 Å². The molecule has 4 atom stereocenters. The van der Waals surface area contributed by atoms with Gasteiger partial charge in [-0.2, -0.15) is 0 Å². The van der Waals surface area contributed by atoms with Gasteiger partial charge in [-0.1, -0.05) is 12.2 Å². The monoisotopic (exact) mass is 372 g/mol. The number of nitrogens with one attached hydrogen (secondary N) is 1. The van der Waals surface area contributed by atoms with Crippen LogP contribution in [0, 0.1) is 0 Å². The fraction of sp³-hybridized carbons (Fsp3) is 0.562. The highest BCUT2D eigenvalue weighted by molar-refractivity contribution is 5.65. The van der Waals surface area contributed by atoms with Crippen molar-refractivity contribution in [3.8, 4) is 0 Å². The van der Waals surface area contributed by atoms with Crippen LogP contribution in [0.5, 0.6) is 0 Å². The highest BCUT2D eigenvalue weighted by atomic mass is 19.1. The summed E-state index contributed by atoms with van der Waals surface area (Å²) in [6.07, 6.45) is -0.918. The molecule has 144 valence electrons. The molecule has 0 radical (unpaired) electrons. The molecule has 1 saturated heterocycles. The van der Waals surface area contributed by atoms with E-state index in [1.54, 1.807) is 6.08 Å². The van der Waals surface area contributed by atoms with Crippen LogP contribution in [0.3, 0.4) is 0 Å². The first-order chi connectivity index (χ1) is 12.3. The summed E-state index contributed by atoms with van der Waals surface area (Å²) in [6, 6.07) is 0. The minimum atomic E-state index is -1.95. The number of rotatable bonds is 7. The maximum Gasteiger partial charge on any atom is 0.330 e. The van der Waals surface area contributed by atoms with Crippen LogP contribution < -0.4 is 11.2 Å². The molecule has 0 saturated carbocycles. The summed E-state index contributed by atoms with van der Waals surface area (Å²) in [5, 5.41) is 18.6. The van der Waals surface area contributed by atoms with Gasteiger partial charge in [-0.15, -0.1) is 0 Å². The van der Waals surface area contributed by atoms with E-state index in [2.05, 4.69) is 4.98 Å². The van der Waals surface area contributed by atoms with E-state index in [0.717, 1.165) is 17.7 Å². The number of aromatic amines is 1. The molecule has 0 aliphatic carbocycles. The molecule has 1 aromatic heterocycles. The van der Waals surface area contributed by atoms with Gasteiger partial charge in [0.05, 0.1) is 5.56 Å². The lowest BCUT2D eigenvalue weighted by molar-refractivity contribution is -0.147. The van der Waals surface area contributed by atoms with Gasteiger partial charge in [0, 0.05) is 19.7 Å². The molecule has 0 bridgehead atoms. The number of carbonyl (C=O) groups excluding carboxylic acids is 1. The third-order valence-corrected chi connectivity index (χ3v) is 3.84. The standard InChI is InChI=1S/C16H21FN2O7/c1-9(21)25-8-11-13(22)12(17)15(26-11)19-7-10(5-3-2-4-6-20)14(23)18-16(19)24/h3,5,7,11-13,15,20,22H,2,4,6,8H2,1H3,(H,18,23,24)/b5-3+/t11-,12-,13-,15-/m1/s1. The number of alkyl halides is 1. The molecule has 1 aromatic rings. The molecule has 9 nitrogen and oxygen atoms in total. The van der Waals surface area contributed by atoms with E-state index < -0.39 is 41.8 Å². The Morgan fingerprint density at radius 1 is 1.50 bits per heavy atom. The van der Waals surface area contributed by atoms with Crippen LogP contribution in [0.15, 0.2) is 21.9 Å². The predicted octanol–water partition coefficient (Wildman–Crippen LogP) is -0.518. The fourth-order valence-corrected chi connectivity index (χ4v) is 2.49. The number of nitrogens with zero attached hydrogens (tertiary/aromatic N) is 1. The van der Waals surface area contributed by atoms with E-state index >= 15 is 0 Å². The molecule has 2 rings (SSSR count). The smallest absolute Gasteiger partial charge is 0.330 e. The van der Waals surface area contributed by atoms with Crippen LogP contribution in [0.25, 0.3) is 6.08 Å². The summed E-state index contributed by atoms with van der Waals surface area (Å²) in [4.78, 5) is 36.8. The van der Waals surface area contributed by atoms with E-state index in [4.69, 9.17) is 14.6 Å². The summed E-state index contributed by atoms with van der Waals surface area (Å²) >= 11 is 0. The lowest BCUT2D eigenvalue weighted by Crippen LogP contribution is -2.36. The second-order valence-electron chi connectivity index (χ2n) is 5.82. The number of aliphatic hydroxyl groups excluding tert-OH is 2. The average Bonchev–Trinajstić information content (AvgIpc) is 2.86. The molecular formula is C16H21FN2O7. The maximum absolute atomic E-state index is 14.4. The van der Waals surface area contributed by atoms with Crippen LogP contribution in [0.2, 0.25) is 0 Å². The predicted molar refractivity (Wildman–Crippen MR) is 88.1 cm³/mol. The number of H-pyrrole nitrogens is 1. The van der Waals surface area contributed by atoms with Gasteiger partial charge < -0.3 is 19.7 Å². The van der Waals surface area contributed by atoms with Crippen molar-refractivity contribution >= 4 is 12.0 Å². The SMILES string of the molecule is CC(=O)OC[C@H]1O[C@@H](n2cc(/C=C/CCCO)c(=O)[nH]c2=O)[C@H](F)[C@@H]1O. The van der Waals surface area contributed by atoms with Gasteiger partial charge in [0.25, 0.3) is 5.56 Å². The minimum absolute atomic E-state index is 0.00124. The van der Waals surface area contributed by atoms with Gasteiger partial charge in [-0.3, -0.25) is 19.1 Å². The number of hydrogen-bond acceptors (Lipinski definition) is 7. The second kappa shape index (κ2) is 8.88.